The number of nitrogens with zero attached hydrogens (tertiary/aromatic N) is 5. The summed E-state index contributed by atoms with van der Waals surface area (Å²) in [5.74, 6) is 1.56. The third-order valence-corrected chi connectivity index (χ3v) is 6.26. The van der Waals surface area contributed by atoms with Crippen LogP contribution in [0.25, 0.3) is 5.82 Å². The van der Waals surface area contributed by atoms with Crippen LogP contribution in [0.5, 0.6) is 5.75 Å². The molecule has 166 valence electrons. The Morgan fingerprint density at radius 1 is 1.16 bits per heavy atom. The molecule has 3 N–H and O–H groups in total. The molecule has 0 spiro atoms. The lowest BCUT2D eigenvalue weighted by molar-refractivity contribution is 0.0999. The van der Waals surface area contributed by atoms with E-state index in [0.29, 0.717) is 11.5 Å². The first kappa shape index (κ1) is 20.3. The maximum Gasteiger partial charge on any atom is 0.250 e. The van der Waals surface area contributed by atoms with Crippen LogP contribution >= 0.6 is 0 Å². The van der Waals surface area contributed by atoms with Gasteiger partial charge in [-0.3, -0.25) is 4.79 Å². The molecule has 1 amide bonds. The topological polar surface area (TPSA) is 102 Å². The van der Waals surface area contributed by atoms with E-state index in [1.54, 1.807) is 13.2 Å². The number of hydrogen-bond acceptors (Lipinski definition) is 7. The number of hydrogen-bond donors (Lipinski definition) is 2. The summed E-state index contributed by atoms with van der Waals surface area (Å²) in [4.78, 5) is 25.7. The number of amides is 1. The fourth-order valence-corrected chi connectivity index (χ4v) is 4.40. The van der Waals surface area contributed by atoms with Crippen LogP contribution in [0.15, 0.2) is 36.7 Å². The number of rotatable bonds is 5. The molecule has 3 aromatic rings. The Balaban J connectivity index is 1.42. The maximum absolute atomic E-state index is 11.7. The monoisotopic (exact) mass is 433 g/mol. The van der Waals surface area contributed by atoms with Gasteiger partial charge in [0.2, 0.25) is 5.95 Å². The fraction of sp³-hybridized carbons (Fsp3) is 0.348. The lowest BCUT2D eigenvalue weighted by atomic mass is 10.0. The summed E-state index contributed by atoms with van der Waals surface area (Å²) in [6, 6.07) is 7.90. The number of aromatic nitrogens is 3. The summed E-state index contributed by atoms with van der Waals surface area (Å²) in [6.07, 6.45) is 5.18. The molecular formula is C23H27N7O2. The number of carbonyl (C=O) groups is 1. The predicted octanol–water partition coefficient (Wildman–Crippen LogP) is 1.97. The van der Waals surface area contributed by atoms with Crippen LogP contribution in [0, 0.1) is 0 Å². The van der Waals surface area contributed by atoms with Gasteiger partial charge in [-0.05, 0) is 38.1 Å². The third-order valence-electron chi connectivity index (χ3n) is 6.26. The van der Waals surface area contributed by atoms with Crippen molar-refractivity contribution in [2.24, 2.45) is 5.73 Å². The zero-order valence-electron chi connectivity index (χ0n) is 18.3. The molecule has 0 unspecified atom stereocenters. The molecule has 5 rings (SSSR count). The van der Waals surface area contributed by atoms with E-state index < -0.39 is 5.91 Å². The van der Waals surface area contributed by atoms with Gasteiger partial charge in [-0.2, -0.15) is 4.98 Å². The second kappa shape index (κ2) is 8.16. The van der Waals surface area contributed by atoms with Gasteiger partial charge >= 0.3 is 0 Å². The minimum atomic E-state index is -0.417. The summed E-state index contributed by atoms with van der Waals surface area (Å²) in [6.45, 7) is 4.08. The number of methoxy groups -OCH3 is 1. The zero-order chi connectivity index (χ0) is 22.2. The highest BCUT2D eigenvalue weighted by molar-refractivity contribution is 5.94. The van der Waals surface area contributed by atoms with Gasteiger partial charge in [0.15, 0.2) is 0 Å². The van der Waals surface area contributed by atoms with Gasteiger partial charge in [0.1, 0.15) is 11.6 Å². The highest BCUT2D eigenvalue weighted by atomic mass is 16.5. The quantitative estimate of drug-likeness (QED) is 0.634. The number of nitrogens with two attached hydrogens (primary N) is 1. The molecule has 2 aromatic heterocycles. The van der Waals surface area contributed by atoms with Crippen molar-refractivity contribution < 1.29 is 9.53 Å². The van der Waals surface area contributed by atoms with E-state index in [4.69, 9.17) is 15.5 Å². The Labute approximate surface area is 186 Å². The molecule has 0 saturated carbocycles. The zero-order valence-corrected chi connectivity index (χ0v) is 18.3. The average molecular weight is 434 g/mol. The van der Waals surface area contributed by atoms with E-state index in [-0.39, 0.29) is 0 Å². The molecule has 4 heterocycles. The SMILES string of the molecule is COc1cc(N2CCN(C)CC2)ccc1Nc1ncc2c(n1)-n1ccc(C(N)=O)c1CC2. The van der Waals surface area contributed by atoms with Crippen molar-refractivity contribution in [2.45, 2.75) is 12.8 Å². The van der Waals surface area contributed by atoms with Gasteiger partial charge in [0, 0.05) is 61.6 Å². The van der Waals surface area contributed by atoms with Gasteiger partial charge in [-0.15, -0.1) is 0 Å². The van der Waals surface area contributed by atoms with E-state index in [2.05, 4.69) is 39.3 Å². The number of ether oxygens (including phenoxy) is 1. The summed E-state index contributed by atoms with van der Waals surface area (Å²) < 4.78 is 7.59. The first-order valence-electron chi connectivity index (χ1n) is 10.8. The summed E-state index contributed by atoms with van der Waals surface area (Å²) in [5, 5.41) is 3.29. The highest BCUT2D eigenvalue weighted by Gasteiger charge is 2.23. The number of fused-ring (bicyclic) bond motifs is 3. The van der Waals surface area contributed by atoms with Crippen LogP contribution in [0.2, 0.25) is 0 Å². The van der Waals surface area contributed by atoms with Crippen LogP contribution in [-0.4, -0.2) is 65.7 Å². The van der Waals surface area contributed by atoms with Crippen LogP contribution in [0.1, 0.15) is 21.6 Å². The molecule has 9 heteroatoms. The normalized spacial score (nSPS) is 15.8. The second-order valence-corrected chi connectivity index (χ2v) is 8.25. The standard InChI is InChI=1S/C23H27N7O2/c1-28-9-11-29(12-10-28)16-4-5-18(20(13-16)32-2)26-23-25-14-15-3-6-19-17(21(24)31)7-8-30(19)22(15)27-23/h4-5,7-8,13-14H,3,6,9-12H2,1-2H3,(H2,24,31)(H,25,26,27). The number of primary amides is 1. The van der Waals surface area contributed by atoms with Crippen LogP contribution in [-0.2, 0) is 12.8 Å². The van der Waals surface area contributed by atoms with E-state index in [1.165, 1.54) is 0 Å². The molecular weight excluding hydrogens is 406 g/mol. The first-order valence-corrected chi connectivity index (χ1v) is 10.8. The van der Waals surface area contributed by atoms with Gasteiger partial charge in [-0.25, -0.2) is 4.98 Å². The highest BCUT2D eigenvalue weighted by Crippen LogP contribution is 2.33. The number of carbonyl (C=O) groups excluding carboxylic acids is 1. The number of nitrogens with one attached hydrogen (secondary N) is 1. The number of piperazine rings is 1. The first-order chi connectivity index (χ1) is 15.5. The number of anilines is 3. The minimum absolute atomic E-state index is 0.417. The van der Waals surface area contributed by atoms with Crippen LogP contribution < -0.4 is 20.7 Å². The molecule has 0 bridgehead atoms. The summed E-state index contributed by atoms with van der Waals surface area (Å²) in [7, 11) is 3.81. The molecule has 1 saturated heterocycles. The van der Waals surface area contributed by atoms with Crippen molar-refractivity contribution >= 4 is 23.2 Å². The summed E-state index contributed by atoms with van der Waals surface area (Å²) in [5.41, 5.74) is 9.93. The molecule has 0 radical (unpaired) electrons. The fourth-order valence-electron chi connectivity index (χ4n) is 4.40. The van der Waals surface area contributed by atoms with E-state index in [0.717, 1.165) is 73.2 Å². The van der Waals surface area contributed by atoms with Crippen molar-refractivity contribution in [3.05, 3.63) is 53.5 Å². The molecule has 1 fully saturated rings. The molecule has 2 aliphatic heterocycles. The van der Waals surface area contributed by atoms with Crippen LogP contribution in [0.3, 0.4) is 0 Å². The van der Waals surface area contributed by atoms with Gasteiger partial charge in [0.05, 0.1) is 18.4 Å². The predicted molar refractivity (Wildman–Crippen MR) is 123 cm³/mol. The third kappa shape index (κ3) is 3.64. The largest absolute Gasteiger partial charge is 0.494 e. The van der Waals surface area contributed by atoms with Gasteiger partial charge in [-0.1, -0.05) is 0 Å². The molecule has 0 atom stereocenters. The minimum Gasteiger partial charge on any atom is -0.494 e. The number of likely N-dealkylation sites (N-methyl/N-ethyl adjacent to an activating group) is 1. The smallest absolute Gasteiger partial charge is 0.250 e. The molecule has 2 aliphatic rings. The second-order valence-electron chi connectivity index (χ2n) is 8.25. The molecule has 0 aliphatic carbocycles. The van der Waals surface area contributed by atoms with Crippen molar-refractivity contribution in [3.8, 4) is 11.6 Å². The van der Waals surface area contributed by atoms with Crippen molar-refractivity contribution in [3.63, 3.8) is 0 Å². The number of benzene rings is 1. The van der Waals surface area contributed by atoms with Gasteiger partial charge in [0.25, 0.3) is 5.91 Å². The molecule has 32 heavy (non-hydrogen) atoms. The van der Waals surface area contributed by atoms with Gasteiger partial charge < -0.3 is 30.2 Å². The maximum atomic E-state index is 11.7. The Hall–Kier alpha value is -3.59. The van der Waals surface area contributed by atoms with Crippen LogP contribution in [0.4, 0.5) is 17.3 Å². The van der Waals surface area contributed by atoms with E-state index in [9.17, 15) is 4.79 Å². The van der Waals surface area contributed by atoms with Crippen molar-refractivity contribution in [1.82, 2.24) is 19.4 Å². The lowest BCUT2D eigenvalue weighted by Crippen LogP contribution is -2.44. The lowest BCUT2D eigenvalue weighted by Gasteiger charge is -2.34. The van der Waals surface area contributed by atoms with Crippen molar-refractivity contribution in [1.29, 1.82) is 0 Å². The molecule has 9 nitrogen and oxygen atoms in total. The molecule has 1 aromatic carbocycles. The van der Waals surface area contributed by atoms with Crippen molar-refractivity contribution in [2.75, 3.05) is 50.6 Å². The number of aryl methyl sites for hydroxylation is 1. The summed E-state index contributed by atoms with van der Waals surface area (Å²) >= 11 is 0. The Kier molecular flexibility index (Phi) is 5.18. The Morgan fingerprint density at radius 2 is 1.97 bits per heavy atom. The Morgan fingerprint density at radius 3 is 2.72 bits per heavy atom. The van der Waals surface area contributed by atoms with E-state index in [1.807, 2.05) is 23.0 Å². The Bertz CT molecular complexity index is 1170. The van der Waals surface area contributed by atoms with E-state index >= 15 is 0 Å². The average Bonchev–Trinajstić information content (AvgIpc) is 3.25.